The van der Waals surface area contributed by atoms with Gasteiger partial charge in [0.2, 0.25) is 5.91 Å². The molecule has 6 heteroatoms. The summed E-state index contributed by atoms with van der Waals surface area (Å²) in [5, 5.41) is 3.00. The summed E-state index contributed by atoms with van der Waals surface area (Å²) in [5.74, 6) is 1.14. The lowest BCUT2D eigenvalue weighted by Gasteiger charge is -2.36. The summed E-state index contributed by atoms with van der Waals surface area (Å²) < 4.78 is 11.3. The predicted octanol–water partition coefficient (Wildman–Crippen LogP) is -0.707. The molecule has 100 valence electrons. The molecule has 0 aliphatic carbocycles. The van der Waals surface area contributed by atoms with Crippen LogP contribution in [0, 0.1) is 0 Å². The minimum Gasteiger partial charge on any atom is -0.368 e. The number of rotatable bonds is 5. The molecule has 1 amide bonds. The van der Waals surface area contributed by atoms with Crippen molar-refractivity contribution in [1.29, 1.82) is 0 Å². The molecule has 2 unspecified atom stereocenters. The quantitative estimate of drug-likeness (QED) is 0.686. The van der Waals surface area contributed by atoms with Crippen LogP contribution in [0.5, 0.6) is 0 Å². The van der Waals surface area contributed by atoms with Crippen LogP contribution in [-0.2, 0) is 15.6 Å². The summed E-state index contributed by atoms with van der Waals surface area (Å²) >= 11 is 0. The van der Waals surface area contributed by atoms with Gasteiger partial charge < -0.3 is 11.1 Å². The van der Waals surface area contributed by atoms with Crippen molar-refractivity contribution in [3.05, 3.63) is 0 Å². The monoisotopic (exact) mass is 261 g/mol. The van der Waals surface area contributed by atoms with Crippen LogP contribution in [0.2, 0.25) is 0 Å². The van der Waals surface area contributed by atoms with Crippen molar-refractivity contribution < 1.29 is 9.00 Å². The van der Waals surface area contributed by atoms with E-state index >= 15 is 0 Å². The lowest BCUT2D eigenvalue weighted by Crippen LogP contribution is -2.56. The molecule has 0 bridgehead atoms. The molecule has 1 aliphatic heterocycles. The van der Waals surface area contributed by atoms with E-state index < -0.39 is 16.3 Å². The maximum absolute atomic E-state index is 11.4. The van der Waals surface area contributed by atoms with Gasteiger partial charge in [-0.15, -0.1) is 0 Å². The Morgan fingerprint density at radius 3 is 2.47 bits per heavy atom. The van der Waals surface area contributed by atoms with Gasteiger partial charge in [0.15, 0.2) is 0 Å². The van der Waals surface area contributed by atoms with Gasteiger partial charge in [-0.1, -0.05) is 0 Å². The number of nitrogens with two attached hydrogens (primary N) is 1. The van der Waals surface area contributed by atoms with E-state index in [0.717, 1.165) is 24.6 Å². The maximum Gasteiger partial charge on any atom is 0.237 e. The smallest absolute Gasteiger partial charge is 0.237 e. The Labute approximate surface area is 106 Å². The van der Waals surface area contributed by atoms with Crippen molar-refractivity contribution in [2.45, 2.75) is 31.8 Å². The van der Waals surface area contributed by atoms with Crippen molar-refractivity contribution in [2.24, 2.45) is 5.73 Å². The highest BCUT2D eigenvalue weighted by Gasteiger charge is 2.33. The Morgan fingerprint density at radius 1 is 1.53 bits per heavy atom. The minimum atomic E-state index is -0.671. The van der Waals surface area contributed by atoms with Gasteiger partial charge in [0, 0.05) is 41.4 Å². The number of nitrogens with zero attached hydrogens (tertiary/aromatic N) is 1. The largest absolute Gasteiger partial charge is 0.368 e. The second kappa shape index (κ2) is 5.93. The average Bonchev–Trinajstić information content (AvgIpc) is 2.29. The Hall–Kier alpha value is -0.460. The topological polar surface area (TPSA) is 75.4 Å². The van der Waals surface area contributed by atoms with Gasteiger partial charge in [0.1, 0.15) is 0 Å². The summed E-state index contributed by atoms with van der Waals surface area (Å²) in [7, 11) is 1.09. The molecule has 1 saturated heterocycles. The molecular weight excluding hydrogens is 238 g/mol. The fourth-order valence-corrected chi connectivity index (χ4v) is 3.22. The van der Waals surface area contributed by atoms with Crippen LogP contribution in [0.3, 0.4) is 0 Å². The van der Waals surface area contributed by atoms with Gasteiger partial charge in [-0.3, -0.25) is 13.9 Å². The fourth-order valence-electron chi connectivity index (χ4n) is 2.14. The summed E-state index contributed by atoms with van der Waals surface area (Å²) in [6, 6.07) is 0.261. The predicted molar refractivity (Wildman–Crippen MR) is 70.2 cm³/mol. The molecule has 0 radical (unpaired) electrons. The number of likely N-dealkylation sites (N-methyl/N-ethyl adjacent to an activating group) is 1. The molecule has 1 heterocycles. The Morgan fingerprint density at radius 2 is 2.06 bits per heavy atom. The lowest BCUT2D eigenvalue weighted by molar-refractivity contribution is -0.124. The first-order valence-corrected chi connectivity index (χ1v) is 7.45. The molecule has 1 fully saturated rings. The Bertz CT molecular complexity index is 301. The minimum absolute atomic E-state index is 0.261. The molecule has 1 rings (SSSR count). The highest BCUT2D eigenvalue weighted by molar-refractivity contribution is 7.85. The number of hydrogen-bond acceptors (Lipinski definition) is 4. The molecule has 2 atom stereocenters. The first-order chi connectivity index (χ1) is 7.89. The third kappa shape index (κ3) is 3.76. The van der Waals surface area contributed by atoms with Gasteiger partial charge >= 0.3 is 0 Å². The van der Waals surface area contributed by atoms with Crippen LogP contribution >= 0.6 is 0 Å². The van der Waals surface area contributed by atoms with Crippen LogP contribution in [0.4, 0.5) is 0 Å². The van der Waals surface area contributed by atoms with Crippen molar-refractivity contribution in [2.75, 3.05) is 31.6 Å². The van der Waals surface area contributed by atoms with E-state index in [2.05, 4.69) is 17.1 Å². The molecule has 17 heavy (non-hydrogen) atoms. The number of primary amides is 1. The highest BCUT2D eigenvalue weighted by atomic mass is 32.2. The number of carbonyl (C=O) groups is 1. The summed E-state index contributed by atoms with van der Waals surface area (Å²) in [6.45, 7) is 5.60. The van der Waals surface area contributed by atoms with Gasteiger partial charge in [0.25, 0.3) is 0 Å². The van der Waals surface area contributed by atoms with Crippen LogP contribution < -0.4 is 11.1 Å². The summed E-state index contributed by atoms with van der Waals surface area (Å²) in [4.78, 5) is 13.7. The van der Waals surface area contributed by atoms with Crippen molar-refractivity contribution in [1.82, 2.24) is 10.2 Å². The third-order valence-electron chi connectivity index (χ3n) is 3.63. The zero-order valence-electron chi connectivity index (χ0n) is 10.9. The second-order valence-corrected chi connectivity index (χ2v) is 6.58. The van der Waals surface area contributed by atoms with E-state index in [1.165, 1.54) is 0 Å². The molecule has 5 nitrogen and oxygen atoms in total. The zero-order chi connectivity index (χ0) is 13.1. The van der Waals surface area contributed by atoms with E-state index in [0.29, 0.717) is 6.42 Å². The highest BCUT2D eigenvalue weighted by Crippen LogP contribution is 2.17. The molecule has 0 aromatic carbocycles. The Kier molecular flexibility index (Phi) is 5.09. The summed E-state index contributed by atoms with van der Waals surface area (Å²) in [6.07, 6.45) is 0.672. The lowest BCUT2D eigenvalue weighted by atomic mass is 9.92. The van der Waals surface area contributed by atoms with Crippen LogP contribution in [-0.4, -0.2) is 58.2 Å². The first-order valence-electron chi connectivity index (χ1n) is 5.97. The Balaban J connectivity index is 2.56. The molecule has 3 N–H and O–H groups in total. The van der Waals surface area contributed by atoms with Crippen molar-refractivity contribution >= 4 is 16.7 Å². The van der Waals surface area contributed by atoms with Gasteiger partial charge in [-0.05, 0) is 27.3 Å². The molecule has 0 spiro atoms. The molecule has 0 saturated carbocycles. The van der Waals surface area contributed by atoms with Crippen LogP contribution in [0.15, 0.2) is 0 Å². The number of nitrogens with one attached hydrogen (secondary N) is 1. The van der Waals surface area contributed by atoms with Gasteiger partial charge in [0.05, 0.1) is 5.54 Å². The standard InChI is InChI=1S/C11H23N3O2S/c1-9(8-11(2,13-3)10(12)15)14-4-6-17(16)7-5-14/h9,13H,4-8H2,1-3H3,(H2,12,15). The fraction of sp³-hybridized carbons (Fsp3) is 0.909. The normalized spacial score (nSPS) is 24.2. The van der Waals surface area contributed by atoms with Gasteiger partial charge in [-0.25, -0.2) is 0 Å². The van der Waals surface area contributed by atoms with Crippen LogP contribution in [0.1, 0.15) is 20.3 Å². The second-order valence-electron chi connectivity index (χ2n) is 4.88. The number of hydrogen-bond donors (Lipinski definition) is 2. The van der Waals surface area contributed by atoms with Crippen molar-refractivity contribution in [3.63, 3.8) is 0 Å². The maximum atomic E-state index is 11.4. The van der Waals surface area contributed by atoms with E-state index in [9.17, 15) is 9.00 Å². The zero-order valence-corrected chi connectivity index (χ0v) is 11.7. The SMILES string of the molecule is CNC(C)(CC(C)N1CCS(=O)CC1)C(N)=O. The number of carbonyl (C=O) groups excluding carboxylic acids is 1. The summed E-state index contributed by atoms with van der Waals surface area (Å²) in [5.41, 5.74) is 4.74. The average molecular weight is 261 g/mol. The number of amides is 1. The van der Waals surface area contributed by atoms with E-state index in [-0.39, 0.29) is 11.9 Å². The van der Waals surface area contributed by atoms with E-state index in [1.54, 1.807) is 7.05 Å². The first kappa shape index (κ1) is 14.6. The molecular formula is C11H23N3O2S. The van der Waals surface area contributed by atoms with Crippen molar-refractivity contribution in [3.8, 4) is 0 Å². The molecule has 0 aromatic heterocycles. The molecule has 0 aromatic rings. The van der Waals surface area contributed by atoms with Crippen LogP contribution in [0.25, 0.3) is 0 Å². The van der Waals surface area contributed by atoms with E-state index in [4.69, 9.17) is 5.73 Å². The van der Waals surface area contributed by atoms with E-state index in [1.807, 2.05) is 6.92 Å². The third-order valence-corrected chi connectivity index (χ3v) is 4.91. The van der Waals surface area contributed by atoms with Gasteiger partial charge in [-0.2, -0.15) is 0 Å². The molecule has 1 aliphatic rings.